The van der Waals surface area contributed by atoms with E-state index in [1.807, 2.05) is 6.07 Å². The molecule has 3 amide bonds. The van der Waals surface area contributed by atoms with Crippen LogP contribution >= 0.6 is 0 Å². The van der Waals surface area contributed by atoms with Gasteiger partial charge in [-0.25, -0.2) is 4.79 Å². The molecule has 13 nitrogen and oxygen atoms in total. The van der Waals surface area contributed by atoms with Crippen molar-refractivity contribution in [1.82, 2.24) is 25.8 Å². The summed E-state index contributed by atoms with van der Waals surface area (Å²) in [6.45, 7) is 10.8. The van der Waals surface area contributed by atoms with Crippen molar-refractivity contribution in [2.75, 3.05) is 46.1 Å². The van der Waals surface area contributed by atoms with Crippen LogP contribution in [-0.2, 0) is 48.2 Å². The number of ether oxygens (including phenoxy) is 4. The number of hydrogen-bond acceptors (Lipinski definition) is 10. The molecule has 2 heterocycles. The zero-order chi connectivity index (χ0) is 40.5. The lowest BCUT2D eigenvalue weighted by Crippen LogP contribution is -2.60. The molecule has 15 heteroatoms. The molecule has 0 bridgehead atoms. The van der Waals surface area contributed by atoms with Crippen LogP contribution in [0.4, 0.5) is 13.6 Å². The van der Waals surface area contributed by atoms with Crippen LogP contribution in [0.25, 0.3) is 0 Å². The highest BCUT2D eigenvalue weighted by molar-refractivity contribution is 6.10. The lowest BCUT2D eigenvalue weighted by Gasteiger charge is -2.28. The van der Waals surface area contributed by atoms with Crippen LogP contribution in [0.2, 0.25) is 0 Å². The Hall–Kier alpha value is -4.99. The maximum atomic E-state index is 15.9. The van der Waals surface area contributed by atoms with E-state index in [1.54, 1.807) is 101 Å². The fourth-order valence-electron chi connectivity index (χ4n) is 5.75. The van der Waals surface area contributed by atoms with E-state index >= 15 is 8.78 Å². The van der Waals surface area contributed by atoms with Gasteiger partial charge in [-0.05, 0) is 46.7 Å². The molecule has 1 fully saturated rings. The van der Waals surface area contributed by atoms with Crippen LogP contribution < -0.4 is 20.7 Å². The summed E-state index contributed by atoms with van der Waals surface area (Å²) >= 11 is 0. The Balaban J connectivity index is 1.46. The van der Waals surface area contributed by atoms with Gasteiger partial charge in [-0.1, -0.05) is 76.2 Å². The lowest BCUT2D eigenvalue weighted by atomic mass is 9.96. The van der Waals surface area contributed by atoms with Gasteiger partial charge < -0.3 is 34.9 Å². The van der Waals surface area contributed by atoms with Gasteiger partial charge in [0.25, 0.3) is 5.91 Å². The number of pyridine rings is 1. The number of Topliss-reactive ketones (excluding diaryl/α,β-unsaturated/α-hetero) is 1. The zero-order valence-electron chi connectivity index (χ0n) is 32.4. The molecule has 3 atom stereocenters. The average Bonchev–Trinajstić information content (AvgIpc) is 3.19. The van der Waals surface area contributed by atoms with Crippen molar-refractivity contribution >= 4 is 23.7 Å². The Labute approximate surface area is 326 Å². The molecule has 1 aliphatic rings. The number of ketones is 1. The second-order valence-corrected chi connectivity index (χ2v) is 14.3. The van der Waals surface area contributed by atoms with Crippen molar-refractivity contribution in [3.05, 3.63) is 95.8 Å². The van der Waals surface area contributed by atoms with Crippen LogP contribution in [0, 0.1) is 11.8 Å². The molecule has 0 radical (unpaired) electrons. The van der Waals surface area contributed by atoms with Gasteiger partial charge in [-0.15, -0.1) is 0 Å². The van der Waals surface area contributed by atoms with E-state index in [0.29, 0.717) is 43.2 Å². The normalized spacial score (nSPS) is 15.1. The predicted octanol–water partition coefficient (Wildman–Crippen LogP) is 4.33. The third-order valence-corrected chi connectivity index (χ3v) is 9.22. The first-order chi connectivity index (χ1) is 26.8. The largest absolute Gasteiger partial charge is 0.492 e. The molecule has 0 unspecified atom stereocenters. The van der Waals surface area contributed by atoms with E-state index in [0.717, 1.165) is 18.7 Å². The van der Waals surface area contributed by atoms with E-state index in [2.05, 4.69) is 25.8 Å². The molecule has 2 aromatic carbocycles. The highest BCUT2D eigenvalue weighted by Crippen LogP contribution is 2.22. The Kier molecular flexibility index (Phi) is 17.1. The molecule has 4 rings (SSSR count). The zero-order valence-corrected chi connectivity index (χ0v) is 32.4. The van der Waals surface area contributed by atoms with E-state index in [9.17, 15) is 19.2 Å². The van der Waals surface area contributed by atoms with Crippen LogP contribution in [0.3, 0.4) is 0 Å². The van der Waals surface area contributed by atoms with Crippen LogP contribution in [0.1, 0.15) is 44.4 Å². The first-order valence-corrected chi connectivity index (χ1v) is 18.8. The minimum Gasteiger partial charge on any atom is -0.492 e. The molecular weight excluding hydrogens is 728 g/mol. The highest BCUT2D eigenvalue weighted by Gasteiger charge is 2.51. The van der Waals surface area contributed by atoms with Gasteiger partial charge in [-0.3, -0.25) is 24.3 Å². The van der Waals surface area contributed by atoms with E-state index < -0.39 is 53.7 Å². The monoisotopic (exact) mass is 781 g/mol. The Morgan fingerprint density at radius 2 is 1.54 bits per heavy atom. The molecule has 0 aliphatic carbocycles. The van der Waals surface area contributed by atoms with Crippen LogP contribution in [0.5, 0.6) is 5.75 Å². The number of benzene rings is 2. The molecule has 1 saturated heterocycles. The van der Waals surface area contributed by atoms with Gasteiger partial charge in [0.15, 0.2) is 0 Å². The molecule has 0 saturated carbocycles. The van der Waals surface area contributed by atoms with Crippen molar-refractivity contribution in [1.29, 1.82) is 0 Å². The number of alkyl halides is 2. The summed E-state index contributed by atoms with van der Waals surface area (Å²) in [6, 6.07) is 14.9. The smallest absolute Gasteiger partial charge is 0.408 e. The molecule has 3 aromatic rings. The summed E-state index contributed by atoms with van der Waals surface area (Å²) in [5, 5.41) is 7.16. The van der Waals surface area contributed by atoms with Crippen molar-refractivity contribution in [2.24, 2.45) is 11.8 Å². The molecule has 0 spiro atoms. The number of morpholine rings is 1. The van der Waals surface area contributed by atoms with Gasteiger partial charge in [-0.2, -0.15) is 8.78 Å². The van der Waals surface area contributed by atoms with Gasteiger partial charge in [0.2, 0.25) is 11.7 Å². The predicted molar refractivity (Wildman–Crippen MR) is 204 cm³/mol. The number of aromatic nitrogens is 1. The quantitative estimate of drug-likeness (QED) is 0.133. The SMILES string of the molecule is CC(C)[C@H](COCc1cccnc1)NC(=O)C(F)(F)C(=O)[C@H](Cc1ccc(OCCN2CCOCC2)cc1)NC(=O)[C@H](NC(=O)OCc1ccccc1)C(C)C. The minimum atomic E-state index is -4.55. The molecule has 1 aliphatic heterocycles. The Bertz CT molecular complexity index is 1680. The number of amides is 3. The number of halogens is 2. The van der Waals surface area contributed by atoms with Gasteiger partial charge in [0.1, 0.15) is 25.0 Å². The topological polar surface area (TPSA) is 157 Å². The average molecular weight is 782 g/mol. The summed E-state index contributed by atoms with van der Waals surface area (Å²) in [5.41, 5.74) is 1.89. The number of nitrogens with one attached hydrogen (secondary N) is 3. The number of hydrogen-bond donors (Lipinski definition) is 3. The third kappa shape index (κ3) is 13.9. The first-order valence-electron chi connectivity index (χ1n) is 18.8. The summed E-state index contributed by atoms with van der Waals surface area (Å²) in [4.78, 5) is 59.5. The number of carbonyl (C=O) groups is 4. The highest BCUT2D eigenvalue weighted by atomic mass is 19.3. The maximum Gasteiger partial charge on any atom is 0.408 e. The van der Waals surface area contributed by atoms with Gasteiger partial charge in [0.05, 0.1) is 38.5 Å². The molecule has 1 aromatic heterocycles. The fraction of sp³-hybridized carbons (Fsp3) is 0.488. The second kappa shape index (κ2) is 21.9. The van der Waals surface area contributed by atoms with Gasteiger partial charge in [0, 0.05) is 38.4 Å². The van der Waals surface area contributed by atoms with E-state index in [1.165, 1.54) is 0 Å². The van der Waals surface area contributed by atoms with Crippen LogP contribution in [0.15, 0.2) is 79.1 Å². The van der Waals surface area contributed by atoms with E-state index in [4.69, 9.17) is 18.9 Å². The summed E-state index contributed by atoms with van der Waals surface area (Å²) in [5.74, 6) is -9.43. The van der Waals surface area contributed by atoms with Crippen molar-refractivity contribution in [2.45, 2.75) is 71.4 Å². The number of carbonyl (C=O) groups excluding carboxylic acids is 4. The molecule has 56 heavy (non-hydrogen) atoms. The fourth-order valence-corrected chi connectivity index (χ4v) is 5.75. The molecule has 3 N–H and O–H groups in total. The van der Waals surface area contributed by atoms with Crippen molar-refractivity contribution < 1.29 is 46.9 Å². The lowest BCUT2D eigenvalue weighted by molar-refractivity contribution is -0.161. The summed E-state index contributed by atoms with van der Waals surface area (Å²) in [6.07, 6.45) is 1.91. The second-order valence-electron chi connectivity index (χ2n) is 14.3. The maximum absolute atomic E-state index is 15.9. The van der Waals surface area contributed by atoms with E-state index in [-0.39, 0.29) is 32.2 Å². The number of alkyl carbamates (subject to hydrolysis) is 1. The van der Waals surface area contributed by atoms with Gasteiger partial charge >= 0.3 is 12.0 Å². The van der Waals surface area contributed by atoms with Crippen molar-refractivity contribution in [3.8, 4) is 5.75 Å². The molecular formula is C41H53F2N5O8. The minimum absolute atomic E-state index is 0.0691. The number of rotatable bonds is 21. The first kappa shape index (κ1) is 43.7. The van der Waals surface area contributed by atoms with Crippen molar-refractivity contribution in [3.63, 3.8) is 0 Å². The van der Waals surface area contributed by atoms with Crippen LogP contribution in [-0.4, -0.2) is 104 Å². The Morgan fingerprint density at radius 3 is 2.18 bits per heavy atom. The summed E-state index contributed by atoms with van der Waals surface area (Å²) in [7, 11) is 0. The third-order valence-electron chi connectivity index (χ3n) is 9.22. The summed E-state index contributed by atoms with van der Waals surface area (Å²) < 4.78 is 54.0. The Morgan fingerprint density at radius 1 is 0.839 bits per heavy atom. The standard InChI is InChI=1S/C41H53F2N5O8/c1-28(2)35(27-54-25-32-11-8-16-44-24-32)46-39(51)41(42,43)37(49)34(23-30-12-14-33(15-13-30)55-22-19-48-17-20-53-21-18-48)45-38(50)36(29(3)4)47-40(52)56-26-31-9-6-5-7-10-31/h5-16,24,28-29,34-36H,17-23,25-27H2,1-4H3,(H,45,50)(H,46,51)(H,47,52)/t34-,35-,36+/m0/s1. The molecule has 304 valence electrons. The number of nitrogens with zero attached hydrogens (tertiary/aromatic N) is 2.